The van der Waals surface area contributed by atoms with Crippen LogP contribution in [0.5, 0.6) is 0 Å². The van der Waals surface area contributed by atoms with E-state index >= 15 is 0 Å². The molecule has 1 saturated carbocycles. The van der Waals surface area contributed by atoms with Crippen molar-refractivity contribution in [2.75, 3.05) is 19.8 Å². The van der Waals surface area contributed by atoms with E-state index in [1.54, 1.807) is 12.1 Å². The van der Waals surface area contributed by atoms with Crippen LogP contribution in [0.1, 0.15) is 63.2 Å². The number of hydrogen-bond donors (Lipinski definition) is 0. The van der Waals surface area contributed by atoms with Gasteiger partial charge in [-0.1, -0.05) is 39.0 Å². The highest BCUT2D eigenvalue weighted by Crippen LogP contribution is 2.39. The van der Waals surface area contributed by atoms with E-state index in [2.05, 4.69) is 13.8 Å². The summed E-state index contributed by atoms with van der Waals surface area (Å²) in [6.07, 6.45) is 4.52. The van der Waals surface area contributed by atoms with Crippen molar-refractivity contribution in [3.8, 4) is 0 Å². The molecule has 30 heavy (non-hydrogen) atoms. The van der Waals surface area contributed by atoms with Gasteiger partial charge in [-0.15, -0.1) is 0 Å². The molecular weight excluding hydrogens is 380 g/mol. The maximum Gasteiger partial charge on any atom is 0.338 e. The molecule has 1 heterocycles. The first-order chi connectivity index (χ1) is 14.5. The number of carbonyl (C=O) groups excluding carboxylic acids is 2. The molecule has 0 N–H and O–H groups in total. The Labute approximate surface area is 180 Å². The summed E-state index contributed by atoms with van der Waals surface area (Å²) in [5.74, 6) is 0.783. The first kappa shape index (κ1) is 23.0. The minimum absolute atomic E-state index is 0.00312. The van der Waals surface area contributed by atoms with E-state index in [9.17, 15) is 9.59 Å². The number of esters is 1. The maximum absolute atomic E-state index is 13.3. The lowest BCUT2D eigenvalue weighted by atomic mass is 9.77. The molecule has 5 heteroatoms. The molecule has 1 aromatic rings. The second-order valence-corrected chi connectivity index (χ2v) is 9.06. The summed E-state index contributed by atoms with van der Waals surface area (Å²) in [7, 11) is 0. The molecule has 0 amide bonds. The lowest BCUT2D eigenvalue weighted by Crippen LogP contribution is -2.33. The van der Waals surface area contributed by atoms with Crippen LogP contribution in [0.3, 0.4) is 0 Å². The van der Waals surface area contributed by atoms with Gasteiger partial charge in [0.1, 0.15) is 5.78 Å². The summed E-state index contributed by atoms with van der Waals surface area (Å²) in [6.45, 7) is 8.18. The van der Waals surface area contributed by atoms with Crippen LogP contribution in [0.2, 0.25) is 0 Å². The van der Waals surface area contributed by atoms with Gasteiger partial charge < -0.3 is 14.2 Å². The van der Waals surface area contributed by atoms with Gasteiger partial charge in [0, 0.05) is 17.8 Å². The van der Waals surface area contributed by atoms with Crippen LogP contribution in [0.25, 0.3) is 0 Å². The smallest absolute Gasteiger partial charge is 0.338 e. The highest BCUT2D eigenvalue weighted by atomic mass is 16.7. The molecule has 1 saturated heterocycles. The van der Waals surface area contributed by atoms with Gasteiger partial charge in [-0.3, -0.25) is 4.79 Å². The van der Waals surface area contributed by atoms with Crippen molar-refractivity contribution in [2.45, 2.75) is 59.2 Å². The Hall–Kier alpha value is -1.72. The molecule has 1 aromatic carbocycles. The fraction of sp³-hybridized carbons (Fsp3) is 0.680. The second-order valence-electron chi connectivity index (χ2n) is 9.06. The second kappa shape index (κ2) is 11.1. The normalized spacial score (nSPS) is 29.2. The Morgan fingerprint density at radius 2 is 1.80 bits per heavy atom. The van der Waals surface area contributed by atoms with Gasteiger partial charge >= 0.3 is 5.97 Å². The summed E-state index contributed by atoms with van der Waals surface area (Å²) in [5, 5.41) is 0. The summed E-state index contributed by atoms with van der Waals surface area (Å²) in [5.41, 5.74) is 0.547. The minimum Gasteiger partial charge on any atom is -0.462 e. The summed E-state index contributed by atoms with van der Waals surface area (Å²) >= 11 is 0. The van der Waals surface area contributed by atoms with Crippen LogP contribution in [0.4, 0.5) is 0 Å². The standard InChI is InChI=1S/C25H36O5/c1-17-10-11-22(18(2)16-30-25(27)20-8-5-4-6-9-20)24(26)19(3)21(17)12-13-23-28-14-7-15-29-23/h4-6,8-9,17-19,21-23H,7,10-16H2,1-3H3/t17-,18+,19-,21+,22-/m0/s1. The third-order valence-electron chi connectivity index (χ3n) is 6.93. The van der Waals surface area contributed by atoms with Crippen LogP contribution in [0.15, 0.2) is 30.3 Å². The van der Waals surface area contributed by atoms with Gasteiger partial charge in [-0.05, 0) is 56.1 Å². The monoisotopic (exact) mass is 416 g/mol. The van der Waals surface area contributed by atoms with E-state index < -0.39 is 0 Å². The average Bonchev–Trinajstić information content (AvgIpc) is 2.88. The zero-order valence-electron chi connectivity index (χ0n) is 18.5. The Morgan fingerprint density at radius 1 is 1.10 bits per heavy atom. The van der Waals surface area contributed by atoms with E-state index in [0.717, 1.165) is 45.3 Å². The minimum atomic E-state index is -0.324. The Bertz CT molecular complexity index is 682. The van der Waals surface area contributed by atoms with Crippen molar-refractivity contribution in [1.82, 2.24) is 0 Å². The number of Topliss-reactive ketones (excluding diaryl/α,β-unsaturated/α-hetero) is 1. The lowest BCUT2D eigenvalue weighted by Gasteiger charge is -2.30. The van der Waals surface area contributed by atoms with E-state index in [0.29, 0.717) is 23.2 Å². The third kappa shape index (κ3) is 5.92. The molecule has 0 radical (unpaired) electrons. The molecule has 166 valence electrons. The van der Waals surface area contributed by atoms with Gasteiger partial charge in [-0.2, -0.15) is 0 Å². The van der Waals surface area contributed by atoms with Crippen molar-refractivity contribution >= 4 is 11.8 Å². The zero-order chi connectivity index (χ0) is 21.5. The predicted octanol–water partition coefficient (Wildman–Crippen LogP) is 4.89. The van der Waals surface area contributed by atoms with Gasteiger partial charge in [-0.25, -0.2) is 4.79 Å². The van der Waals surface area contributed by atoms with Crippen molar-refractivity contribution in [2.24, 2.45) is 29.6 Å². The van der Waals surface area contributed by atoms with E-state index in [-0.39, 0.29) is 36.6 Å². The molecule has 3 rings (SSSR count). The zero-order valence-corrected chi connectivity index (χ0v) is 18.5. The predicted molar refractivity (Wildman–Crippen MR) is 115 cm³/mol. The molecule has 2 aliphatic rings. The molecule has 1 aliphatic heterocycles. The Kier molecular flexibility index (Phi) is 8.46. The number of benzene rings is 1. The first-order valence-electron chi connectivity index (χ1n) is 11.5. The van der Waals surface area contributed by atoms with Crippen LogP contribution in [-0.4, -0.2) is 37.9 Å². The first-order valence-corrected chi connectivity index (χ1v) is 11.5. The number of rotatable bonds is 7. The maximum atomic E-state index is 13.3. The summed E-state index contributed by atoms with van der Waals surface area (Å²) in [4.78, 5) is 25.6. The molecular formula is C25H36O5. The number of hydrogen-bond acceptors (Lipinski definition) is 5. The summed E-state index contributed by atoms with van der Waals surface area (Å²) < 4.78 is 16.9. The fourth-order valence-corrected chi connectivity index (χ4v) is 4.95. The number of ether oxygens (including phenoxy) is 3. The topological polar surface area (TPSA) is 61.8 Å². The van der Waals surface area contributed by atoms with E-state index in [4.69, 9.17) is 14.2 Å². The average molecular weight is 417 g/mol. The molecule has 5 nitrogen and oxygen atoms in total. The largest absolute Gasteiger partial charge is 0.462 e. The molecule has 2 fully saturated rings. The van der Waals surface area contributed by atoms with E-state index in [1.165, 1.54) is 0 Å². The Morgan fingerprint density at radius 3 is 2.50 bits per heavy atom. The van der Waals surface area contributed by atoms with Crippen molar-refractivity contribution in [3.05, 3.63) is 35.9 Å². The number of carbonyl (C=O) groups is 2. The SMILES string of the molecule is C[C@H](COC(=O)c1ccccc1)[C@@H]1CC[C@H](C)[C@@H](CCC2OCCCO2)[C@H](C)C1=O. The van der Waals surface area contributed by atoms with Crippen molar-refractivity contribution in [1.29, 1.82) is 0 Å². The molecule has 0 bridgehead atoms. The van der Waals surface area contributed by atoms with Gasteiger partial charge in [0.05, 0.1) is 25.4 Å². The highest BCUT2D eigenvalue weighted by Gasteiger charge is 2.39. The third-order valence-corrected chi connectivity index (χ3v) is 6.93. The van der Waals surface area contributed by atoms with Gasteiger partial charge in [0.15, 0.2) is 6.29 Å². The molecule has 0 spiro atoms. The molecule has 0 unspecified atom stereocenters. The summed E-state index contributed by atoms with van der Waals surface area (Å²) in [6, 6.07) is 9.01. The quantitative estimate of drug-likeness (QED) is 0.468. The molecule has 5 atom stereocenters. The van der Waals surface area contributed by atoms with Crippen LogP contribution in [-0.2, 0) is 19.0 Å². The van der Waals surface area contributed by atoms with Crippen molar-refractivity contribution < 1.29 is 23.8 Å². The van der Waals surface area contributed by atoms with Gasteiger partial charge in [0.25, 0.3) is 0 Å². The Balaban J connectivity index is 1.54. The van der Waals surface area contributed by atoms with Crippen LogP contribution in [0, 0.1) is 29.6 Å². The number of ketones is 1. The van der Waals surface area contributed by atoms with Gasteiger partial charge in [0.2, 0.25) is 0 Å². The van der Waals surface area contributed by atoms with Crippen LogP contribution < -0.4 is 0 Å². The fourth-order valence-electron chi connectivity index (χ4n) is 4.95. The van der Waals surface area contributed by atoms with E-state index in [1.807, 2.05) is 25.1 Å². The van der Waals surface area contributed by atoms with Crippen molar-refractivity contribution in [3.63, 3.8) is 0 Å². The lowest BCUT2D eigenvalue weighted by molar-refractivity contribution is -0.183. The molecule has 1 aliphatic carbocycles. The molecule has 0 aromatic heterocycles. The van der Waals surface area contributed by atoms with Crippen LogP contribution >= 0.6 is 0 Å². The highest BCUT2D eigenvalue weighted by molar-refractivity contribution is 5.89.